The molecule has 1 atom stereocenters. The van der Waals surface area contributed by atoms with E-state index >= 15 is 0 Å². The van der Waals surface area contributed by atoms with Crippen LogP contribution in [0.3, 0.4) is 0 Å². The molecule has 36 heavy (non-hydrogen) atoms. The van der Waals surface area contributed by atoms with Gasteiger partial charge in [-0.2, -0.15) is 5.10 Å². The van der Waals surface area contributed by atoms with Crippen molar-refractivity contribution in [1.82, 2.24) is 24.8 Å². The molecule has 0 unspecified atom stereocenters. The van der Waals surface area contributed by atoms with Crippen molar-refractivity contribution in [3.63, 3.8) is 0 Å². The summed E-state index contributed by atoms with van der Waals surface area (Å²) in [6.07, 6.45) is 7.50. The topological polar surface area (TPSA) is 93.5 Å². The van der Waals surface area contributed by atoms with Crippen LogP contribution in [0.1, 0.15) is 18.4 Å². The van der Waals surface area contributed by atoms with E-state index in [1.807, 2.05) is 29.2 Å². The number of hydrogen-bond acceptors (Lipinski definition) is 8. The number of piperazine rings is 1. The van der Waals surface area contributed by atoms with Gasteiger partial charge < -0.3 is 29.3 Å². The van der Waals surface area contributed by atoms with Crippen LogP contribution in [0.25, 0.3) is 16.8 Å². The van der Waals surface area contributed by atoms with Gasteiger partial charge in [-0.15, -0.1) is 0 Å². The van der Waals surface area contributed by atoms with Gasteiger partial charge in [0.2, 0.25) is 0 Å². The minimum Gasteiger partial charge on any atom is -0.441 e. The number of methoxy groups -OCH3 is 1. The highest BCUT2D eigenvalue weighted by Gasteiger charge is 2.34. The Hall–Kier alpha value is -3.21. The fourth-order valence-electron chi connectivity index (χ4n) is 5.29. The summed E-state index contributed by atoms with van der Waals surface area (Å²) in [7, 11) is 1.78. The van der Waals surface area contributed by atoms with Crippen molar-refractivity contribution in [3.8, 4) is 11.3 Å². The molecule has 10 heteroatoms. The van der Waals surface area contributed by atoms with Gasteiger partial charge in [0.15, 0.2) is 6.10 Å². The van der Waals surface area contributed by atoms with Gasteiger partial charge in [0, 0.05) is 69.6 Å². The van der Waals surface area contributed by atoms with Crippen molar-refractivity contribution < 1.29 is 19.0 Å². The predicted octanol–water partition coefficient (Wildman–Crippen LogP) is 2.28. The van der Waals surface area contributed by atoms with E-state index in [9.17, 15) is 4.79 Å². The summed E-state index contributed by atoms with van der Waals surface area (Å²) in [5, 5.41) is 7.97. The smallest absolute Gasteiger partial charge is 0.410 e. The van der Waals surface area contributed by atoms with Gasteiger partial charge in [0.05, 0.1) is 30.1 Å². The predicted molar refractivity (Wildman–Crippen MR) is 134 cm³/mol. The maximum Gasteiger partial charge on any atom is 0.410 e. The van der Waals surface area contributed by atoms with Crippen LogP contribution >= 0.6 is 0 Å². The van der Waals surface area contributed by atoms with Gasteiger partial charge in [-0.05, 0) is 37.6 Å². The van der Waals surface area contributed by atoms with Crippen LogP contribution < -0.4 is 10.2 Å². The summed E-state index contributed by atoms with van der Waals surface area (Å²) in [5.74, 6) is 0. The Labute approximate surface area is 210 Å². The van der Waals surface area contributed by atoms with Crippen LogP contribution in [0.5, 0.6) is 0 Å². The number of amides is 1. The monoisotopic (exact) mass is 492 g/mol. The molecular weight excluding hydrogens is 460 g/mol. The molecule has 3 fully saturated rings. The molecule has 3 aliphatic rings. The molecule has 0 aliphatic carbocycles. The van der Waals surface area contributed by atoms with E-state index in [1.165, 1.54) is 0 Å². The first kappa shape index (κ1) is 23.2. The molecule has 3 aliphatic heterocycles. The summed E-state index contributed by atoms with van der Waals surface area (Å²) in [6.45, 7) is 5.53. The minimum atomic E-state index is -0.315. The highest BCUT2D eigenvalue weighted by atomic mass is 16.6. The van der Waals surface area contributed by atoms with Crippen molar-refractivity contribution >= 4 is 17.3 Å². The van der Waals surface area contributed by atoms with E-state index in [0.717, 1.165) is 67.0 Å². The second-order valence-corrected chi connectivity index (χ2v) is 9.70. The summed E-state index contributed by atoms with van der Waals surface area (Å²) < 4.78 is 18.4. The molecule has 190 valence electrons. The largest absolute Gasteiger partial charge is 0.441 e. The standard InChI is InChI=1S/C26H32N6O4/c1-34-26(6-2-7-27-18-26)20-3-4-22(28-14-20)19-13-24-23(5-8-29-32(24)15-19)30-9-11-31(12-10-30)25(33)36-21-16-35-17-21/h3-5,8,13-15,21,27H,2,6-7,9-12,16-18H2,1H3/t26-/m0/s1. The lowest BCUT2D eigenvalue weighted by Crippen LogP contribution is -2.51. The zero-order valence-corrected chi connectivity index (χ0v) is 20.6. The summed E-state index contributed by atoms with van der Waals surface area (Å²) in [6, 6.07) is 8.36. The number of aromatic nitrogens is 3. The van der Waals surface area contributed by atoms with Crippen molar-refractivity contribution in [1.29, 1.82) is 0 Å². The van der Waals surface area contributed by atoms with E-state index < -0.39 is 0 Å². The van der Waals surface area contributed by atoms with Gasteiger partial charge in [0.25, 0.3) is 0 Å². The molecule has 6 heterocycles. The van der Waals surface area contributed by atoms with Gasteiger partial charge in [-0.3, -0.25) is 4.98 Å². The first-order chi connectivity index (χ1) is 17.6. The molecule has 10 nitrogen and oxygen atoms in total. The maximum atomic E-state index is 12.4. The van der Waals surface area contributed by atoms with E-state index in [4.69, 9.17) is 19.2 Å². The van der Waals surface area contributed by atoms with Crippen molar-refractivity contribution in [3.05, 3.63) is 48.4 Å². The van der Waals surface area contributed by atoms with Crippen molar-refractivity contribution in [2.45, 2.75) is 24.5 Å². The molecule has 0 bridgehead atoms. The quantitative estimate of drug-likeness (QED) is 0.580. The molecule has 0 radical (unpaired) electrons. The normalized spacial score (nSPS) is 23.0. The van der Waals surface area contributed by atoms with Gasteiger partial charge in [0.1, 0.15) is 5.60 Å². The molecule has 3 aromatic rings. The SMILES string of the molecule is CO[C@@]1(c2ccc(-c3cc4c(N5CCN(C(=O)OC6COC6)CC5)ccnn4c3)nc2)CCCNC1. The lowest BCUT2D eigenvalue weighted by Gasteiger charge is -2.37. The number of piperidine rings is 1. The number of pyridine rings is 1. The lowest BCUT2D eigenvalue weighted by atomic mass is 9.87. The number of ether oxygens (including phenoxy) is 3. The Morgan fingerprint density at radius 1 is 1.19 bits per heavy atom. The highest BCUT2D eigenvalue weighted by Crippen LogP contribution is 2.33. The van der Waals surface area contributed by atoms with Crippen LogP contribution in [0.4, 0.5) is 10.5 Å². The molecule has 0 spiro atoms. The number of carbonyl (C=O) groups is 1. The first-order valence-corrected chi connectivity index (χ1v) is 12.6. The number of anilines is 1. The van der Waals surface area contributed by atoms with Crippen molar-refractivity contribution in [2.24, 2.45) is 0 Å². The Balaban J connectivity index is 1.18. The number of nitrogens with one attached hydrogen (secondary N) is 1. The van der Waals surface area contributed by atoms with Crippen LogP contribution in [-0.4, -0.2) is 91.3 Å². The fourth-order valence-corrected chi connectivity index (χ4v) is 5.29. The molecule has 1 amide bonds. The van der Waals surface area contributed by atoms with Gasteiger partial charge in [-0.25, -0.2) is 9.31 Å². The molecule has 6 rings (SSSR count). The summed E-state index contributed by atoms with van der Waals surface area (Å²) in [4.78, 5) is 21.2. The third-order valence-electron chi connectivity index (χ3n) is 7.56. The maximum absolute atomic E-state index is 12.4. The highest BCUT2D eigenvalue weighted by molar-refractivity contribution is 5.79. The van der Waals surface area contributed by atoms with Gasteiger partial charge in [-0.1, -0.05) is 6.07 Å². The number of hydrogen-bond donors (Lipinski definition) is 1. The molecule has 3 saturated heterocycles. The average Bonchev–Trinajstić information content (AvgIpc) is 3.36. The third-order valence-corrected chi connectivity index (χ3v) is 7.56. The number of carbonyl (C=O) groups excluding carboxylic acids is 1. The second-order valence-electron chi connectivity index (χ2n) is 9.70. The Bertz CT molecular complexity index is 1210. The number of nitrogens with zero attached hydrogens (tertiary/aromatic N) is 5. The van der Waals surface area contributed by atoms with E-state index in [0.29, 0.717) is 26.3 Å². The molecular formula is C26H32N6O4. The zero-order valence-electron chi connectivity index (χ0n) is 20.6. The fraction of sp³-hybridized carbons (Fsp3) is 0.500. The first-order valence-electron chi connectivity index (χ1n) is 12.6. The number of fused-ring (bicyclic) bond motifs is 1. The molecule has 1 N–H and O–H groups in total. The lowest BCUT2D eigenvalue weighted by molar-refractivity contribution is -0.104. The van der Waals surface area contributed by atoms with Crippen LogP contribution in [0.2, 0.25) is 0 Å². The second kappa shape index (κ2) is 9.68. The molecule has 0 saturated carbocycles. The van der Waals surface area contributed by atoms with Crippen LogP contribution in [0.15, 0.2) is 42.9 Å². The third kappa shape index (κ3) is 4.29. The summed E-state index contributed by atoms with van der Waals surface area (Å²) in [5.41, 5.74) is 4.82. The van der Waals surface area contributed by atoms with E-state index in [2.05, 4.69) is 33.5 Å². The van der Waals surface area contributed by atoms with Crippen LogP contribution in [-0.2, 0) is 19.8 Å². The minimum absolute atomic E-state index is 0.100. The Kier molecular flexibility index (Phi) is 6.24. The van der Waals surface area contributed by atoms with E-state index in [1.54, 1.807) is 12.0 Å². The molecule has 0 aromatic carbocycles. The Morgan fingerprint density at radius 2 is 2.06 bits per heavy atom. The molecule has 3 aromatic heterocycles. The van der Waals surface area contributed by atoms with Crippen molar-refractivity contribution in [2.75, 3.05) is 64.5 Å². The average molecular weight is 493 g/mol. The summed E-state index contributed by atoms with van der Waals surface area (Å²) >= 11 is 0. The van der Waals surface area contributed by atoms with E-state index in [-0.39, 0.29) is 17.8 Å². The van der Waals surface area contributed by atoms with Gasteiger partial charge >= 0.3 is 6.09 Å². The zero-order chi connectivity index (χ0) is 24.5. The Morgan fingerprint density at radius 3 is 2.72 bits per heavy atom. The van der Waals surface area contributed by atoms with Crippen LogP contribution in [0, 0.1) is 0 Å². The number of rotatable bonds is 5.